The second-order valence-electron chi connectivity index (χ2n) is 9.48. The molecule has 0 radical (unpaired) electrons. The first-order valence-corrected chi connectivity index (χ1v) is 12.5. The van der Waals surface area contributed by atoms with Gasteiger partial charge in [0.1, 0.15) is 6.04 Å². The van der Waals surface area contributed by atoms with Crippen molar-refractivity contribution in [3.8, 4) is 0 Å². The summed E-state index contributed by atoms with van der Waals surface area (Å²) in [5, 5.41) is 4.24. The Morgan fingerprint density at radius 3 is 2.44 bits per heavy atom. The molecule has 2 heterocycles. The van der Waals surface area contributed by atoms with Crippen LogP contribution < -0.4 is 11.1 Å². The molecule has 4 aromatic rings. The minimum Gasteiger partial charge on any atom is -0.361 e. The summed E-state index contributed by atoms with van der Waals surface area (Å²) in [4.78, 5) is 31.5. The highest BCUT2D eigenvalue weighted by atomic mass is 19.4. The van der Waals surface area contributed by atoms with Crippen LogP contribution in [0.4, 0.5) is 13.2 Å². The lowest BCUT2D eigenvalue weighted by Gasteiger charge is -2.44. The number of aromatic amines is 1. The lowest BCUT2D eigenvalue weighted by molar-refractivity contribution is -0.138. The van der Waals surface area contributed by atoms with Crippen molar-refractivity contribution < 1.29 is 22.8 Å². The lowest BCUT2D eigenvalue weighted by atomic mass is 9.92. The highest BCUT2D eigenvalue weighted by molar-refractivity contribution is 6.05. The maximum atomic E-state index is 13.7. The number of benzene rings is 3. The summed E-state index contributed by atoms with van der Waals surface area (Å²) >= 11 is 0. The molecule has 0 bridgehead atoms. The number of para-hydroxylation sites is 1. The molecule has 1 amide bonds. The third kappa shape index (κ3) is 5.50. The van der Waals surface area contributed by atoms with E-state index in [1.807, 2.05) is 60.8 Å². The molecule has 0 aliphatic carbocycles. The highest BCUT2D eigenvalue weighted by Gasteiger charge is 2.43. The van der Waals surface area contributed by atoms with Crippen LogP contribution in [0.15, 0.2) is 91.1 Å². The van der Waals surface area contributed by atoms with Gasteiger partial charge in [0.2, 0.25) is 5.91 Å². The Hall–Kier alpha value is -4.21. The van der Waals surface area contributed by atoms with Gasteiger partial charge in [0.15, 0.2) is 5.78 Å². The van der Waals surface area contributed by atoms with E-state index in [1.54, 1.807) is 6.08 Å². The molecule has 39 heavy (non-hydrogen) atoms. The number of nitrogens with zero attached hydrogens (tertiary/aromatic N) is 1. The van der Waals surface area contributed by atoms with Gasteiger partial charge in [-0.2, -0.15) is 13.2 Å². The number of alkyl halides is 3. The number of rotatable bonds is 6. The zero-order chi connectivity index (χ0) is 27.6. The van der Waals surface area contributed by atoms with Gasteiger partial charge in [-0.25, -0.2) is 0 Å². The Bertz CT molecular complexity index is 1510. The summed E-state index contributed by atoms with van der Waals surface area (Å²) in [5.74, 6) is -1.38. The van der Waals surface area contributed by atoms with Gasteiger partial charge in [-0.15, -0.1) is 0 Å². The number of halogens is 3. The highest BCUT2D eigenvalue weighted by Crippen LogP contribution is 2.33. The van der Waals surface area contributed by atoms with E-state index in [1.165, 1.54) is 23.1 Å². The van der Waals surface area contributed by atoms with Crippen molar-refractivity contribution in [2.24, 2.45) is 5.73 Å². The Morgan fingerprint density at radius 1 is 0.974 bits per heavy atom. The van der Waals surface area contributed by atoms with E-state index in [0.29, 0.717) is 6.42 Å². The first-order chi connectivity index (χ1) is 18.7. The van der Waals surface area contributed by atoms with E-state index in [4.69, 9.17) is 5.73 Å². The fourth-order valence-electron chi connectivity index (χ4n) is 5.08. The molecule has 0 saturated carbocycles. The summed E-state index contributed by atoms with van der Waals surface area (Å²) in [7, 11) is 0. The van der Waals surface area contributed by atoms with Crippen LogP contribution >= 0.6 is 0 Å². The smallest absolute Gasteiger partial charge is 0.361 e. The van der Waals surface area contributed by atoms with Gasteiger partial charge in [0.25, 0.3) is 0 Å². The van der Waals surface area contributed by atoms with Crippen molar-refractivity contribution in [1.82, 2.24) is 15.2 Å². The third-order valence-corrected chi connectivity index (χ3v) is 7.03. The number of piperazine rings is 1. The lowest BCUT2D eigenvalue weighted by Crippen LogP contribution is -2.69. The number of carbonyl (C=O) groups is 2. The number of hydrogen-bond donors (Lipinski definition) is 3. The molecule has 1 aliphatic rings. The van der Waals surface area contributed by atoms with Gasteiger partial charge in [-0.1, -0.05) is 66.7 Å². The zero-order valence-corrected chi connectivity index (χ0v) is 20.9. The number of nitrogens with two attached hydrogens (primary N) is 1. The molecule has 3 unspecified atom stereocenters. The fraction of sp³-hybridized carbons (Fsp3) is 0.200. The van der Waals surface area contributed by atoms with Gasteiger partial charge >= 0.3 is 6.18 Å². The summed E-state index contributed by atoms with van der Waals surface area (Å²) in [6.07, 6.45) is -0.492. The van der Waals surface area contributed by atoms with Crippen LogP contribution in [0.1, 0.15) is 27.0 Å². The Kier molecular flexibility index (Phi) is 7.36. The normalized spacial score (nSPS) is 20.0. The summed E-state index contributed by atoms with van der Waals surface area (Å²) < 4.78 is 41.2. The van der Waals surface area contributed by atoms with Crippen LogP contribution in [0.2, 0.25) is 0 Å². The van der Waals surface area contributed by atoms with Crippen molar-refractivity contribution >= 4 is 28.7 Å². The Labute approximate surface area is 223 Å². The van der Waals surface area contributed by atoms with E-state index in [9.17, 15) is 22.8 Å². The first-order valence-electron chi connectivity index (χ1n) is 12.5. The van der Waals surface area contributed by atoms with E-state index in [2.05, 4.69) is 10.3 Å². The quantitative estimate of drug-likeness (QED) is 0.246. The second kappa shape index (κ2) is 10.9. The molecule has 5 rings (SSSR count). The number of hydrogen-bond acceptors (Lipinski definition) is 4. The summed E-state index contributed by atoms with van der Waals surface area (Å²) in [6, 6.07) is 19.8. The average molecular weight is 533 g/mol. The monoisotopic (exact) mass is 532 g/mol. The molecule has 1 fully saturated rings. The van der Waals surface area contributed by atoms with Gasteiger partial charge in [0.05, 0.1) is 11.7 Å². The molecule has 4 N–H and O–H groups in total. The van der Waals surface area contributed by atoms with Crippen LogP contribution in [-0.4, -0.2) is 46.4 Å². The number of aromatic nitrogens is 1. The molecule has 9 heteroatoms. The first kappa shape index (κ1) is 26.4. The number of nitrogens with one attached hydrogen (secondary N) is 2. The number of amides is 1. The SMILES string of the molecule is NC1C(Cc2c[nH]c3ccccc23)NCC(C(=O)c2ccccc2C(F)(F)F)N1C(=O)/C=C/c1ccccc1. The number of carbonyl (C=O) groups excluding carboxylic acids is 2. The zero-order valence-electron chi connectivity index (χ0n) is 20.9. The predicted molar refractivity (Wildman–Crippen MR) is 144 cm³/mol. The Morgan fingerprint density at radius 2 is 1.67 bits per heavy atom. The van der Waals surface area contributed by atoms with Gasteiger partial charge < -0.3 is 20.9 Å². The van der Waals surface area contributed by atoms with Crippen LogP contribution in [0.25, 0.3) is 17.0 Å². The molecule has 6 nitrogen and oxygen atoms in total. The Balaban J connectivity index is 1.48. The van der Waals surface area contributed by atoms with Crippen LogP contribution in [0, 0.1) is 0 Å². The predicted octanol–water partition coefficient (Wildman–Crippen LogP) is 4.78. The minimum absolute atomic E-state index is 0.0450. The van der Waals surface area contributed by atoms with Crippen molar-refractivity contribution in [2.45, 2.75) is 30.8 Å². The molecular formula is C30H27F3N4O2. The molecule has 3 atom stereocenters. The summed E-state index contributed by atoms with van der Waals surface area (Å²) in [6.45, 7) is -0.0450. The van der Waals surface area contributed by atoms with Crippen molar-refractivity contribution in [3.05, 3.63) is 113 Å². The fourth-order valence-corrected chi connectivity index (χ4v) is 5.08. The maximum Gasteiger partial charge on any atom is 0.417 e. The molecule has 0 spiro atoms. The van der Waals surface area contributed by atoms with E-state index in [-0.39, 0.29) is 6.54 Å². The number of Topliss-reactive ketones (excluding diaryl/α,β-unsaturated/α-hetero) is 1. The van der Waals surface area contributed by atoms with Crippen molar-refractivity contribution in [3.63, 3.8) is 0 Å². The third-order valence-electron chi connectivity index (χ3n) is 7.03. The summed E-state index contributed by atoms with van der Waals surface area (Å²) in [5.41, 5.74) is 7.75. The van der Waals surface area contributed by atoms with Crippen LogP contribution in [0.5, 0.6) is 0 Å². The standard InChI is InChI=1S/C30H27F3N4O2/c31-30(32,33)23-12-6-4-11-22(23)28(39)26-18-36-25(16-20-17-35-24-13-7-5-10-21(20)24)29(34)37(26)27(38)15-14-19-8-2-1-3-9-19/h1-15,17,25-26,29,35-36H,16,18,34H2/b15-14+. The molecule has 1 saturated heterocycles. The molecule has 1 aliphatic heterocycles. The molecule has 1 aromatic heterocycles. The minimum atomic E-state index is -4.73. The number of fused-ring (bicyclic) bond motifs is 1. The topological polar surface area (TPSA) is 91.2 Å². The van der Waals surface area contributed by atoms with Gasteiger partial charge in [0, 0.05) is 41.3 Å². The molecule has 200 valence electrons. The van der Waals surface area contributed by atoms with Crippen molar-refractivity contribution in [1.29, 1.82) is 0 Å². The van der Waals surface area contributed by atoms with Crippen molar-refractivity contribution in [2.75, 3.05) is 6.54 Å². The molecule has 3 aromatic carbocycles. The largest absolute Gasteiger partial charge is 0.417 e. The van der Waals surface area contributed by atoms with Crippen LogP contribution in [-0.2, 0) is 17.4 Å². The van der Waals surface area contributed by atoms with E-state index >= 15 is 0 Å². The van der Waals surface area contributed by atoms with Crippen LogP contribution in [0.3, 0.4) is 0 Å². The second-order valence-corrected chi connectivity index (χ2v) is 9.48. The van der Waals surface area contributed by atoms with E-state index in [0.717, 1.165) is 34.2 Å². The maximum absolute atomic E-state index is 13.7. The van der Waals surface area contributed by atoms with E-state index < -0.39 is 47.2 Å². The number of H-pyrrole nitrogens is 1. The number of ketones is 1. The molecular weight excluding hydrogens is 505 g/mol. The van der Waals surface area contributed by atoms with Gasteiger partial charge in [-0.05, 0) is 35.8 Å². The van der Waals surface area contributed by atoms with Gasteiger partial charge in [-0.3, -0.25) is 9.59 Å². The average Bonchev–Trinajstić information content (AvgIpc) is 3.35.